The first-order valence-electron chi connectivity index (χ1n) is 9.08. The van der Waals surface area contributed by atoms with Crippen molar-refractivity contribution in [2.45, 2.75) is 12.5 Å². The molecule has 0 heterocycles. The monoisotopic (exact) mass is 414 g/mol. The van der Waals surface area contributed by atoms with Gasteiger partial charge < -0.3 is 20.1 Å². The lowest BCUT2D eigenvalue weighted by Crippen LogP contribution is -2.33. The van der Waals surface area contributed by atoms with E-state index in [0.717, 1.165) is 0 Å². The summed E-state index contributed by atoms with van der Waals surface area (Å²) < 4.78 is 38.0. The average molecular weight is 414 g/mol. The van der Waals surface area contributed by atoms with Crippen LogP contribution in [0.3, 0.4) is 0 Å². The van der Waals surface area contributed by atoms with E-state index in [2.05, 4.69) is 10.6 Å². The van der Waals surface area contributed by atoms with E-state index in [9.17, 15) is 18.4 Å². The van der Waals surface area contributed by atoms with Crippen molar-refractivity contribution in [3.8, 4) is 0 Å². The number of hydrogen-bond donors (Lipinski definition) is 2. The molecule has 30 heavy (non-hydrogen) atoms. The lowest BCUT2D eigenvalue weighted by atomic mass is 9.90. The van der Waals surface area contributed by atoms with Crippen molar-refractivity contribution in [3.05, 3.63) is 83.1 Å². The number of ether oxygens (including phenoxy) is 2. The Bertz CT molecular complexity index is 1030. The first-order chi connectivity index (χ1) is 14.4. The highest BCUT2D eigenvalue weighted by Crippen LogP contribution is 2.31. The molecule has 6 nitrogen and oxygen atoms in total. The Hall–Kier alpha value is -3.68. The minimum atomic E-state index is -0.769. The molecular formula is C22H20F2N2O4. The number of methoxy groups -OCH3 is 2. The molecule has 0 aliphatic heterocycles. The molecule has 1 atom stereocenters. The van der Waals surface area contributed by atoms with E-state index in [-0.39, 0.29) is 34.6 Å². The maximum Gasteiger partial charge on any atom is 0.335 e. The summed E-state index contributed by atoms with van der Waals surface area (Å²) in [6.45, 7) is 0. The zero-order chi connectivity index (χ0) is 21.7. The fourth-order valence-corrected chi connectivity index (χ4v) is 3.12. The number of carbonyl (C=O) groups is 2. The fraction of sp³-hybridized carbons (Fsp3) is 0.182. The third-order valence-electron chi connectivity index (χ3n) is 4.61. The second-order valence-electron chi connectivity index (χ2n) is 6.46. The van der Waals surface area contributed by atoms with Crippen LogP contribution in [0.4, 0.5) is 20.2 Å². The highest BCUT2D eigenvalue weighted by Gasteiger charge is 2.32. The molecule has 0 aromatic heterocycles. The molecule has 2 N–H and O–H groups in total. The molecule has 1 aliphatic carbocycles. The molecule has 2 aromatic rings. The Labute approximate surface area is 172 Å². The van der Waals surface area contributed by atoms with Gasteiger partial charge in [0.2, 0.25) is 0 Å². The number of para-hydroxylation sites is 2. The largest absolute Gasteiger partial charge is 0.466 e. The molecule has 2 aromatic carbocycles. The summed E-state index contributed by atoms with van der Waals surface area (Å²) in [5.41, 5.74) is 0.787. The Morgan fingerprint density at radius 3 is 2.03 bits per heavy atom. The van der Waals surface area contributed by atoms with Gasteiger partial charge in [-0.05, 0) is 30.3 Å². The van der Waals surface area contributed by atoms with Crippen LogP contribution in [0.1, 0.15) is 6.42 Å². The molecule has 0 saturated carbocycles. The molecule has 0 bridgehead atoms. The highest BCUT2D eigenvalue weighted by molar-refractivity contribution is 5.97. The number of carbonyl (C=O) groups excluding carboxylic acids is 2. The average Bonchev–Trinajstić information content (AvgIpc) is 2.76. The number of benzene rings is 2. The van der Waals surface area contributed by atoms with E-state index in [1.807, 2.05) is 0 Å². The maximum absolute atomic E-state index is 14.1. The number of anilines is 2. The topological polar surface area (TPSA) is 76.7 Å². The first kappa shape index (κ1) is 21.0. The Balaban J connectivity index is 2.03. The van der Waals surface area contributed by atoms with Crippen molar-refractivity contribution in [2.75, 3.05) is 24.9 Å². The van der Waals surface area contributed by atoms with E-state index >= 15 is 0 Å². The summed E-state index contributed by atoms with van der Waals surface area (Å²) in [5.74, 6) is -2.37. The smallest absolute Gasteiger partial charge is 0.335 e. The zero-order valence-corrected chi connectivity index (χ0v) is 16.4. The SMILES string of the molecule is COC(=O)C1=CC(Nc2ccccc2F)=C(C(=O)OC)CC1Nc1ccccc1F. The van der Waals surface area contributed by atoms with Crippen LogP contribution in [0, 0.1) is 11.6 Å². The first-order valence-corrected chi connectivity index (χ1v) is 9.08. The molecule has 0 radical (unpaired) electrons. The molecule has 1 aliphatic rings. The van der Waals surface area contributed by atoms with Gasteiger partial charge in [-0.25, -0.2) is 18.4 Å². The van der Waals surface area contributed by atoms with Crippen molar-refractivity contribution in [1.29, 1.82) is 0 Å². The summed E-state index contributed by atoms with van der Waals surface area (Å²) in [5, 5.41) is 5.77. The second kappa shape index (κ2) is 9.21. The van der Waals surface area contributed by atoms with Crippen molar-refractivity contribution >= 4 is 23.3 Å². The maximum atomic E-state index is 14.1. The van der Waals surface area contributed by atoms with Crippen molar-refractivity contribution < 1.29 is 27.8 Å². The number of nitrogens with one attached hydrogen (secondary N) is 2. The van der Waals surface area contributed by atoms with Gasteiger partial charge in [-0.2, -0.15) is 0 Å². The molecule has 3 rings (SSSR count). The van der Waals surface area contributed by atoms with Gasteiger partial charge in [-0.15, -0.1) is 0 Å². The van der Waals surface area contributed by atoms with Crippen LogP contribution >= 0.6 is 0 Å². The highest BCUT2D eigenvalue weighted by atomic mass is 19.1. The third-order valence-corrected chi connectivity index (χ3v) is 4.61. The van der Waals surface area contributed by atoms with Gasteiger partial charge in [-0.1, -0.05) is 24.3 Å². The zero-order valence-electron chi connectivity index (χ0n) is 16.4. The lowest BCUT2D eigenvalue weighted by Gasteiger charge is -2.28. The van der Waals surface area contributed by atoms with Crippen LogP contribution in [0.2, 0.25) is 0 Å². The minimum absolute atomic E-state index is 0.0152. The fourth-order valence-electron chi connectivity index (χ4n) is 3.12. The van der Waals surface area contributed by atoms with E-state index < -0.39 is 29.6 Å². The predicted octanol–water partition coefficient (Wildman–Crippen LogP) is 3.79. The molecule has 0 spiro atoms. The molecule has 0 saturated heterocycles. The van der Waals surface area contributed by atoms with Gasteiger partial charge in [0, 0.05) is 12.1 Å². The van der Waals surface area contributed by atoms with E-state index in [1.54, 1.807) is 12.1 Å². The van der Waals surface area contributed by atoms with Crippen molar-refractivity contribution in [1.82, 2.24) is 0 Å². The standard InChI is InChI=1S/C22H20F2N2O4/c1-29-21(27)13-11-20(26-18-10-6-4-8-16(18)24)14(22(28)30-2)12-19(13)25-17-9-5-3-7-15(17)23/h3-11,19,25-26H,12H2,1-2H3. The number of rotatable bonds is 6. The number of hydrogen-bond acceptors (Lipinski definition) is 6. The van der Waals surface area contributed by atoms with Gasteiger partial charge in [0.15, 0.2) is 0 Å². The van der Waals surface area contributed by atoms with Gasteiger partial charge in [0.1, 0.15) is 11.6 Å². The predicted molar refractivity (Wildman–Crippen MR) is 108 cm³/mol. The summed E-state index contributed by atoms with van der Waals surface area (Å²) in [7, 11) is 2.43. The van der Waals surface area contributed by atoms with Crippen molar-refractivity contribution in [2.24, 2.45) is 0 Å². The van der Waals surface area contributed by atoms with Crippen LogP contribution < -0.4 is 10.6 Å². The van der Waals surface area contributed by atoms with Gasteiger partial charge in [0.05, 0.1) is 42.8 Å². The molecule has 0 amide bonds. The van der Waals surface area contributed by atoms with E-state index in [0.29, 0.717) is 0 Å². The van der Waals surface area contributed by atoms with Crippen LogP contribution in [0.15, 0.2) is 71.5 Å². The van der Waals surface area contributed by atoms with Crippen LogP contribution in [0.5, 0.6) is 0 Å². The normalized spacial score (nSPS) is 15.9. The number of allylic oxidation sites excluding steroid dienone is 1. The summed E-state index contributed by atoms with van der Waals surface area (Å²) >= 11 is 0. The van der Waals surface area contributed by atoms with Gasteiger partial charge in [0.25, 0.3) is 0 Å². The van der Waals surface area contributed by atoms with E-state index in [1.165, 1.54) is 56.7 Å². The third kappa shape index (κ3) is 4.48. The summed E-state index contributed by atoms with van der Waals surface area (Å²) in [6, 6.07) is 11.1. The summed E-state index contributed by atoms with van der Waals surface area (Å²) in [4.78, 5) is 24.8. The molecule has 156 valence electrons. The van der Waals surface area contributed by atoms with Gasteiger partial charge >= 0.3 is 11.9 Å². The molecular weight excluding hydrogens is 394 g/mol. The molecule has 0 fully saturated rings. The number of halogens is 2. The quantitative estimate of drug-likeness (QED) is 0.701. The Morgan fingerprint density at radius 1 is 0.900 bits per heavy atom. The second-order valence-corrected chi connectivity index (χ2v) is 6.46. The lowest BCUT2D eigenvalue weighted by molar-refractivity contribution is -0.138. The van der Waals surface area contributed by atoms with Gasteiger partial charge in [-0.3, -0.25) is 0 Å². The molecule has 1 unspecified atom stereocenters. The summed E-state index contributed by atoms with van der Waals surface area (Å²) in [6.07, 6.45) is 1.37. The Kier molecular flexibility index (Phi) is 6.46. The number of esters is 2. The minimum Gasteiger partial charge on any atom is -0.466 e. The van der Waals surface area contributed by atoms with E-state index in [4.69, 9.17) is 9.47 Å². The Morgan fingerprint density at radius 2 is 1.47 bits per heavy atom. The van der Waals surface area contributed by atoms with Crippen LogP contribution in [-0.2, 0) is 19.1 Å². The molecule has 8 heteroatoms. The van der Waals surface area contributed by atoms with Crippen molar-refractivity contribution in [3.63, 3.8) is 0 Å². The van der Waals surface area contributed by atoms with Crippen LogP contribution in [0.25, 0.3) is 0 Å². The van der Waals surface area contributed by atoms with Crippen LogP contribution in [-0.4, -0.2) is 32.2 Å².